The smallest absolute Gasteiger partial charge is 0.234 e. The molecule has 2 aromatic heterocycles. The predicted octanol–water partition coefficient (Wildman–Crippen LogP) is 2.22. The molecule has 16 heavy (non-hydrogen) atoms. The van der Waals surface area contributed by atoms with Crippen LogP contribution in [0.15, 0.2) is 17.5 Å². The van der Waals surface area contributed by atoms with Crippen LogP contribution in [0.4, 0.5) is 4.39 Å². The number of nitrogens with zero attached hydrogens (tertiary/aromatic N) is 3. The molecule has 0 unspecified atom stereocenters. The number of hydrogen-bond acceptors (Lipinski definition) is 5. The molecule has 0 spiro atoms. The molecule has 2 heterocycles. The Morgan fingerprint density at radius 3 is 2.94 bits per heavy atom. The zero-order chi connectivity index (χ0) is 11.5. The van der Waals surface area contributed by atoms with Gasteiger partial charge in [0.1, 0.15) is 11.6 Å². The van der Waals surface area contributed by atoms with Gasteiger partial charge >= 0.3 is 0 Å². The highest BCUT2D eigenvalue weighted by Crippen LogP contribution is 2.29. The summed E-state index contributed by atoms with van der Waals surface area (Å²) in [6, 6.07) is 4.66. The van der Waals surface area contributed by atoms with Crippen LogP contribution in [0.5, 0.6) is 5.88 Å². The number of ether oxygens (including phenoxy) is 1. The van der Waals surface area contributed by atoms with Crippen LogP contribution >= 0.6 is 11.5 Å². The molecule has 0 amide bonds. The Kier molecular flexibility index (Phi) is 2.79. The third-order valence-electron chi connectivity index (χ3n) is 1.98. The second-order valence-electron chi connectivity index (χ2n) is 2.88. The monoisotopic (exact) mass is 235 g/mol. The summed E-state index contributed by atoms with van der Waals surface area (Å²) in [7, 11) is 1.48. The van der Waals surface area contributed by atoms with Crippen molar-refractivity contribution in [1.29, 1.82) is 5.26 Å². The quantitative estimate of drug-likeness (QED) is 0.749. The molecule has 2 rings (SSSR count). The summed E-state index contributed by atoms with van der Waals surface area (Å²) in [6.07, 6.45) is 0. The minimum Gasteiger partial charge on any atom is -0.480 e. The first-order valence-corrected chi connectivity index (χ1v) is 5.15. The number of nitriles is 1. The minimum atomic E-state index is -0.784. The number of methoxy groups -OCH3 is 1. The van der Waals surface area contributed by atoms with Gasteiger partial charge in [-0.3, -0.25) is 0 Å². The van der Waals surface area contributed by atoms with E-state index >= 15 is 0 Å². The molecular weight excluding hydrogens is 229 g/mol. The molecular formula is C10H6FN3OS. The van der Waals surface area contributed by atoms with Crippen molar-refractivity contribution in [3.8, 4) is 23.2 Å². The van der Waals surface area contributed by atoms with E-state index in [1.54, 1.807) is 17.5 Å². The van der Waals surface area contributed by atoms with E-state index in [1.165, 1.54) is 24.7 Å². The molecule has 0 bridgehead atoms. The van der Waals surface area contributed by atoms with Crippen molar-refractivity contribution >= 4 is 11.5 Å². The topological polar surface area (TPSA) is 58.8 Å². The zero-order valence-corrected chi connectivity index (χ0v) is 9.08. The molecule has 0 radical (unpaired) electrons. The van der Waals surface area contributed by atoms with Crippen molar-refractivity contribution in [1.82, 2.24) is 9.36 Å². The third kappa shape index (κ3) is 1.73. The molecule has 80 valence electrons. The second kappa shape index (κ2) is 4.24. The Hall–Kier alpha value is -2.00. The summed E-state index contributed by atoms with van der Waals surface area (Å²) in [5.74, 6) is -0.380. The van der Waals surface area contributed by atoms with Crippen molar-refractivity contribution in [3.63, 3.8) is 0 Å². The van der Waals surface area contributed by atoms with Gasteiger partial charge in [-0.15, -0.1) is 0 Å². The average Bonchev–Trinajstić information content (AvgIpc) is 2.77. The first kappa shape index (κ1) is 10.5. The van der Waals surface area contributed by atoms with E-state index in [-0.39, 0.29) is 5.56 Å². The Balaban J connectivity index is 2.50. The molecule has 0 aliphatic rings. The number of rotatable bonds is 2. The molecule has 0 N–H and O–H groups in total. The van der Waals surface area contributed by atoms with E-state index < -0.39 is 5.95 Å². The number of pyridine rings is 1. The molecule has 0 aliphatic carbocycles. The van der Waals surface area contributed by atoms with Crippen LogP contribution in [0.2, 0.25) is 0 Å². The van der Waals surface area contributed by atoms with E-state index in [0.29, 0.717) is 17.1 Å². The van der Waals surface area contributed by atoms with Crippen molar-refractivity contribution in [2.75, 3.05) is 7.11 Å². The van der Waals surface area contributed by atoms with Gasteiger partial charge in [0, 0.05) is 5.38 Å². The van der Waals surface area contributed by atoms with Gasteiger partial charge in [0.05, 0.1) is 18.4 Å². The summed E-state index contributed by atoms with van der Waals surface area (Å²) in [6.45, 7) is 0. The summed E-state index contributed by atoms with van der Waals surface area (Å²) in [5.41, 5.74) is 0.948. The number of hydrogen-bond donors (Lipinski definition) is 0. The Morgan fingerprint density at radius 1 is 1.50 bits per heavy atom. The molecule has 0 fully saturated rings. The van der Waals surface area contributed by atoms with Gasteiger partial charge in [-0.2, -0.15) is 14.0 Å². The highest BCUT2D eigenvalue weighted by Gasteiger charge is 2.12. The molecule has 6 heteroatoms. The van der Waals surface area contributed by atoms with E-state index in [1.807, 2.05) is 0 Å². The van der Waals surface area contributed by atoms with Crippen LogP contribution < -0.4 is 4.74 Å². The lowest BCUT2D eigenvalue weighted by molar-refractivity contribution is 0.404. The predicted molar refractivity (Wildman–Crippen MR) is 56.6 cm³/mol. The Bertz CT molecular complexity index is 561. The van der Waals surface area contributed by atoms with Crippen LogP contribution in [0.1, 0.15) is 5.56 Å². The summed E-state index contributed by atoms with van der Waals surface area (Å²) >= 11 is 1.20. The highest BCUT2D eigenvalue weighted by atomic mass is 32.1. The fourth-order valence-corrected chi connectivity index (χ4v) is 1.86. The van der Waals surface area contributed by atoms with Crippen LogP contribution in [0.3, 0.4) is 0 Å². The van der Waals surface area contributed by atoms with Crippen LogP contribution in [-0.4, -0.2) is 16.5 Å². The lowest BCUT2D eigenvalue weighted by Crippen LogP contribution is -1.93. The lowest BCUT2D eigenvalue weighted by atomic mass is 10.2. The molecule has 0 aromatic carbocycles. The van der Waals surface area contributed by atoms with Gasteiger partial charge in [-0.25, -0.2) is 4.98 Å². The van der Waals surface area contributed by atoms with Gasteiger partial charge in [-0.1, -0.05) is 0 Å². The summed E-state index contributed by atoms with van der Waals surface area (Å²) < 4.78 is 22.3. The molecule has 2 aromatic rings. The Morgan fingerprint density at radius 2 is 2.31 bits per heavy atom. The van der Waals surface area contributed by atoms with E-state index in [9.17, 15) is 4.39 Å². The summed E-state index contributed by atoms with van der Waals surface area (Å²) in [5, 5.41) is 10.3. The van der Waals surface area contributed by atoms with E-state index in [0.717, 1.165) is 0 Å². The van der Waals surface area contributed by atoms with Crippen molar-refractivity contribution in [3.05, 3.63) is 29.0 Å². The minimum absolute atomic E-state index is 0.0779. The third-order valence-corrected chi connectivity index (χ3v) is 2.59. The summed E-state index contributed by atoms with van der Waals surface area (Å²) in [4.78, 5) is 3.69. The fraction of sp³-hybridized carbons (Fsp3) is 0.100. The molecule has 4 nitrogen and oxygen atoms in total. The van der Waals surface area contributed by atoms with Crippen LogP contribution in [0, 0.1) is 17.3 Å². The molecule has 0 saturated heterocycles. The van der Waals surface area contributed by atoms with Crippen LogP contribution in [-0.2, 0) is 0 Å². The second-order valence-corrected chi connectivity index (χ2v) is 3.51. The maximum absolute atomic E-state index is 13.3. The van der Waals surface area contributed by atoms with Gasteiger partial charge in [-0.05, 0) is 23.7 Å². The van der Waals surface area contributed by atoms with Crippen molar-refractivity contribution in [2.45, 2.75) is 0 Å². The maximum Gasteiger partial charge on any atom is 0.234 e. The average molecular weight is 235 g/mol. The Labute approximate surface area is 95.1 Å². The van der Waals surface area contributed by atoms with E-state index in [4.69, 9.17) is 10.00 Å². The fourth-order valence-electron chi connectivity index (χ4n) is 1.21. The number of aromatic nitrogens is 2. The highest BCUT2D eigenvalue weighted by molar-refractivity contribution is 7.04. The van der Waals surface area contributed by atoms with Gasteiger partial charge in [0.25, 0.3) is 0 Å². The molecule has 0 aliphatic heterocycles. The van der Waals surface area contributed by atoms with Gasteiger partial charge in [0.15, 0.2) is 0 Å². The molecule has 0 saturated carbocycles. The van der Waals surface area contributed by atoms with Crippen molar-refractivity contribution < 1.29 is 9.13 Å². The standard InChI is InChI=1S/C10H6FN3OS/c1-15-10-7(5-16-14-10)8-3-2-6(4-12)9(11)13-8/h2-3,5H,1H3. The lowest BCUT2D eigenvalue weighted by Gasteiger charge is -2.01. The SMILES string of the molecule is COc1nscc1-c1ccc(C#N)c(F)n1. The molecule has 0 atom stereocenters. The first-order valence-electron chi connectivity index (χ1n) is 4.31. The maximum atomic E-state index is 13.3. The van der Waals surface area contributed by atoms with Gasteiger partial charge < -0.3 is 4.74 Å². The van der Waals surface area contributed by atoms with Crippen molar-refractivity contribution in [2.24, 2.45) is 0 Å². The van der Waals surface area contributed by atoms with E-state index in [2.05, 4.69) is 9.36 Å². The normalized spacial score (nSPS) is 9.81. The largest absolute Gasteiger partial charge is 0.480 e. The first-order chi connectivity index (χ1) is 7.76. The zero-order valence-electron chi connectivity index (χ0n) is 8.27. The number of halogens is 1. The van der Waals surface area contributed by atoms with Crippen LogP contribution in [0.25, 0.3) is 11.3 Å². The van der Waals surface area contributed by atoms with Gasteiger partial charge in [0.2, 0.25) is 11.8 Å².